The molecule has 1 N–H and O–H groups in total. The minimum Gasteiger partial charge on any atom is -0.493 e. The number of aryl methyl sites for hydroxylation is 2. The van der Waals surface area contributed by atoms with Crippen molar-refractivity contribution in [3.05, 3.63) is 47.5 Å². The van der Waals surface area contributed by atoms with Crippen LogP contribution in [0, 0.1) is 13.8 Å². The molecule has 0 spiro atoms. The van der Waals surface area contributed by atoms with Gasteiger partial charge in [-0.25, -0.2) is 0 Å². The van der Waals surface area contributed by atoms with E-state index >= 15 is 0 Å². The van der Waals surface area contributed by atoms with Crippen LogP contribution in [0.25, 0.3) is 0 Å². The summed E-state index contributed by atoms with van der Waals surface area (Å²) < 4.78 is 16.6. The second kappa shape index (κ2) is 7.25. The normalized spacial score (nSPS) is 12.6. The van der Waals surface area contributed by atoms with Gasteiger partial charge in [-0.1, -0.05) is 6.07 Å². The molecule has 0 saturated carbocycles. The molecule has 1 heterocycles. The average Bonchev–Trinajstić information content (AvgIpc) is 2.54. The fraction of sp³-hybridized carbons (Fsp3) is 0.316. The van der Waals surface area contributed by atoms with Gasteiger partial charge in [-0.15, -0.1) is 0 Å². The topological polar surface area (TPSA) is 56.8 Å². The number of nitrogens with one attached hydrogen (secondary N) is 1. The molecule has 0 radical (unpaired) electrons. The Morgan fingerprint density at radius 1 is 1.04 bits per heavy atom. The Hall–Kier alpha value is -2.69. The van der Waals surface area contributed by atoms with Crippen LogP contribution in [0.3, 0.4) is 0 Å². The smallest absolute Gasteiger partial charge is 0.227 e. The molecule has 0 fully saturated rings. The summed E-state index contributed by atoms with van der Waals surface area (Å²) >= 11 is 0. The standard InChI is InChI=1S/C19H21NO4/c1-13-9-14(2)11-16(10-13)22-6-5-19(21)20-15-3-4-17-18(12-15)24-8-7-23-17/h3-4,9-12H,5-8H2,1-2H3,(H,20,21). The minimum atomic E-state index is -0.101. The lowest BCUT2D eigenvalue weighted by atomic mass is 10.1. The van der Waals surface area contributed by atoms with Gasteiger partial charge in [0.25, 0.3) is 0 Å². The van der Waals surface area contributed by atoms with Gasteiger partial charge in [-0.05, 0) is 49.2 Å². The molecule has 0 aliphatic carbocycles. The maximum Gasteiger partial charge on any atom is 0.227 e. The van der Waals surface area contributed by atoms with E-state index in [-0.39, 0.29) is 12.3 Å². The second-order valence-corrected chi connectivity index (χ2v) is 5.83. The van der Waals surface area contributed by atoms with Gasteiger partial charge in [0.05, 0.1) is 13.0 Å². The lowest BCUT2D eigenvalue weighted by molar-refractivity contribution is -0.116. The number of carbonyl (C=O) groups excluding carboxylic acids is 1. The Kier molecular flexibility index (Phi) is 4.89. The zero-order valence-electron chi connectivity index (χ0n) is 13.9. The first-order chi connectivity index (χ1) is 11.6. The fourth-order valence-corrected chi connectivity index (χ4v) is 2.62. The van der Waals surface area contributed by atoms with E-state index in [1.165, 1.54) is 0 Å². The van der Waals surface area contributed by atoms with Gasteiger partial charge in [-0.2, -0.15) is 0 Å². The van der Waals surface area contributed by atoms with Gasteiger partial charge in [0.15, 0.2) is 11.5 Å². The van der Waals surface area contributed by atoms with E-state index in [0.29, 0.717) is 37.0 Å². The van der Waals surface area contributed by atoms with Crippen LogP contribution in [0.5, 0.6) is 17.2 Å². The molecule has 5 nitrogen and oxygen atoms in total. The van der Waals surface area contributed by atoms with E-state index < -0.39 is 0 Å². The number of amides is 1. The third kappa shape index (κ3) is 4.19. The van der Waals surface area contributed by atoms with Crippen LogP contribution in [-0.2, 0) is 4.79 Å². The first-order valence-electron chi connectivity index (χ1n) is 8.01. The number of benzene rings is 2. The van der Waals surface area contributed by atoms with E-state index in [1.807, 2.05) is 26.0 Å². The van der Waals surface area contributed by atoms with Gasteiger partial charge in [0.1, 0.15) is 19.0 Å². The van der Waals surface area contributed by atoms with E-state index in [1.54, 1.807) is 18.2 Å². The van der Waals surface area contributed by atoms with Crippen LogP contribution in [0.1, 0.15) is 17.5 Å². The van der Waals surface area contributed by atoms with Crippen molar-refractivity contribution in [1.82, 2.24) is 0 Å². The average molecular weight is 327 g/mol. The maximum absolute atomic E-state index is 12.0. The third-order valence-electron chi connectivity index (χ3n) is 3.62. The molecule has 2 aromatic rings. The molecular weight excluding hydrogens is 306 g/mol. The van der Waals surface area contributed by atoms with Crippen molar-refractivity contribution in [2.75, 3.05) is 25.1 Å². The van der Waals surface area contributed by atoms with Crippen LogP contribution in [0.4, 0.5) is 5.69 Å². The van der Waals surface area contributed by atoms with Crippen LogP contribution in [0.2, 0.25) is 0 Å². The molecule has 24 heavy (non-hydrogen) atoms. The second-order valence-electron chi connectivity index (χ2n) is 5.83. The van der Waals surface area contributed by atoms with Crippen LogP contribution in [0.15, 0.2) is 36.4 Å². The van der Waals surface area contributed by atoms with E-state index in [9.17, 15) is 4.79 Å². The van der Waals surface area contributed by atoms with E-state index in [4.69, 9.17) is 14.2 Å². The molecule has 2 aromatic carbocycles. The van der Waals surface area contributed by atoms with Crippen molar-refractivity contribution in [3.8, 4) is 17.2 Å². The van der Waals surface area contributed by atoms with Gasteiger partial charge in [0, 0.05) is 11.8 Å². The summed E-state index contributed by atoms with van der Waals surface area (Å²) in [4.78, 5) is 12.0. The van der Waals surface area contributed by atoms with Crippen molar-refractivity contribution in [2.24, 2.45) is 0 Å². The maximum atomic E-state index is 12.0. The van der Waals surface area contributed by atoms with Crippen molar-refractivity contribution >= 4 is 11.6 Å². The van der Waals surface area contributed by atoms with Crippen molar-refractivity contribution in [1.29, 1.82) is 0 Å². The van der Waals surface area contributed by atoms with Crippen LogP contribution >= 0.6 is 0 Å². The van der Waals surface area contributed by atoms with Gasteiger partial charge < -0.3 is 19.5 Å². The van der Waals surface area contributed by atoms with Crippen LogP contribution < -0.4 is 19.5 Å². The number of hydrogen-bond donors (Lipinski definition) is 1. The molecule has 0 saturated heterocycles. The largest absolute Gasteiger partial charge is 0.493 e. The van der Waals surface area contributed by atoms with E-state index in [2.05, 4.69) is 11.4 Å². The summed E-state index contributed by atoms with van der Waals surface area (Å²) in [6.45, 7) is 5.45. The lowest BCUT2D eigenvalue weighted by Crippen LogP contribution is -2.17. The summed E-state index contributed by atoms with van der Waals surface area (Å²) in [7, 11) is 0. The quantitative estimate of drug-likeness (QED) is 0.913. The summed E-state index contributed by atoms with van der Waals surface area (Å²) in [5, 5.41) is 2.85. The number of anilines is 1. The number of hydrogen-bond acceptors (Lipinski definition) is 4. The SMILES string of the molecule is Cc1cc(C)cc(OCCC(=O)Nc2ccc3c(c2)OCCO3)c1. The molecular formula is C19H21NO4. The highest BCUT2D eigenvalue weighted by molar-refractivity contribution is 5.91. The summed E-state index contributed by atoms with van der Waals surface area (Å²) in [6.07, 6.45) is 0.279. The van der Waals surface area contributed by atoms with Gasteiger partial charge in [0.2, 0.25) is 5.91 Å². The van der Waals surface area contributed by atoms with Crippen molar-refractivity contribution in [2.45, 2.75) is 20.3 Å². The molecule has 1 amide bonds. The highest BCUT2D eigenvalue weighted by Crippen LogP contribution is 2.32. The molecule has 0 bridgehead atoms. The van der Waals surface area contributed by atoms with Crippen LogP contribution in [-0.4, -0.2) is 25.7 Å². The minimum absolute atomic E-state index is 0.101. The number of carbonyl (C=O) groups is 1. The monoisotopic (exact) mass is 327 g/mol. The molecule has 1 aliphatic heterocycles. The Labute approximate surface area is 141 Å². The molecule has 126 valence electrons. The Morgan fingerprint density at radius 3 is 2.50 bits per heavy atom. The molecule has 3 rings (SSSR count). The molecule has 1 aliphatic rings. The van der Waals surface area contributed by atoms with Gasteiger partial charge in [-0.3, -0.25) is 4.79 Å². The Balaban J connectivity index is 1.50. The summed E-state index contributed by atoms with van der Waals surface area (Å²) in [6, 6.07) is 11.4. The summed E-state index contributed by atoms with van der Waals surface area (Å²) in [5.74, 6) is 2.05. The highest BCUT2D eigenvalue weighted by atomic mass is 16.6. The zero-order valence-corrected chi connectivity index (χ0v) is 13.9. The Bertz CT molecular complexity index is 722. The third-order valence-corrected chi connectivity index (χ3v) is 3.62. The van der Waals surface area contributed by atoms with Crippen molar-refractivity contribution in [3.63, 3.8) is 0 Å². The number of ether oxygens (including phenoxy) is 3. The first-order valence-corrected chi connectivity index (χ1v) is 8.01. The zero-order chi connectivity index (χ0) is 16.9. The van der Waals surface area contributed by atoms with Gasteiger partial charge >= 0.3 is 0 Å². The number of rotatable bonds is 5. The predicted octanol–water partition coefficient (Wildman–Crippen LogP) is 3.48. The lowest BCUT2D eigenvalue weighted by Gasteiger charge is -2.19. The fourth-order valence-electron chi connectivity index (χ4n) is 2.62. The van der Waals surface area contributed by atoms with Crippen molar-refractivity contribution < 1.29 is 19.0 Å². The Morgan fingerprint density at radius 2 is 1.75 bits per heavy atom. The molecule has 0 unspecified atom stereocenters. The predicted molar refractivity (Wildman–Crippen MR) is 92.1 cm³/mol. The summed E-state index contributed by atoms with van der Waals surface area (Å²) in [5.41, 5.74) is 2.98. The molecule has 0 atom stereocenters. The first kappa shape index (κ1) is 16.2. The number of fused-ring (bicyclic) bond motifs is 1. The highest BCUT2D eigenvalue weighted by Gasteiger charge is 2.12. The van der Waals surface area contributed by atoms with E-state index in [0.717, 1.165) is 16.9 Å². The molecule has 0 aromatic heterocycles. The molecule has 5 heteroatoms.